The number of nitrogens with one attached hydrogen (secondary N) is 2. The number of aromatic nitrogens is 2. The minimum absolute atomic E-state index is 0.199. The Morgan fingerprint density at radius 1 is 1.14 bits per heavy atom. The van der Waals surface area contributed by atoms with Crippen molar-refractivity contribution in [3.63, 3.8) is 0 Å². The minimum Gasteiger partial charge on any atom is -0.493 e. The molecule has 0 amide bonds. The van der Waals surface area contributed by atoms with Crippen LogP contribution in [0.4, 0.5) is 16.0 Å². The lowest BCUT2D eigenvalue weighted by Gasteiger charge is -2.14. The van der Waals surface area contributed by atoms with E-state index in [0.29, 0.717) is 36.8 Å². The molecule has 0 aliphatic carbocycles. The molecule has 0 spiro atoms. The summed E-state index contributed by atoms with van der Waals surface area (Å²) < 4.78 is 21.2. The van der Waals surface area contributed by atoms with E-state index in [-0.39, 0.29) is 17.9 Å². The van der Waals surface area contributed by atoms with Crippen LogP contribution in [0, 0.1) is 5.82 Å². The molecule has 28 heavy (non-hydrogen) atoms. The van der Waals surface area contributed by atoms with E-state index in [9.17, 15) is 9.18 Å². The first-order valence-electron chi connectivity index (χ1n) is 9.14. The zero-order valence-corrected chi connectivity index (χ0v) is 15.5. The molecule has 3 aromatic rings. The van der Waals surface area contributed by atoms with Gasteiger partial charge in [-0.3, -0.25) is 9.36 Å². The van der Waals surface area contributed by atoms with E-state index in [1.54, 1.807) is 13.1 Å². The highest BCUT2D eigenvalue weighted by Gasteiger charge is 2.19. The molecule has 0 saturated carbocycles. The second-order valence-electron chi connectivity index (χ2n) is 6.65. The zero-order valence-electron chi connectivity index (χ0n) is 15.5. The van der Waals surface area contributed by atoms with E-state index in [1.807, 2.05) is 30.3 Å². The molecule has 4 rings (SSSR count). The van der Waals surface area contributed by atoms with Crippen molar-refractivity contribution < 1.29 is 9.13 Å². The van der Waals surface area contributed by atoms with Crippen molar-refractivity contribution in [3.8, 4) is 5.75 Å². The van der Waals surface area contributed by atoms with E-state index in [2.05, 4.69) is 15.6 Å². The topological polar surface area (TPSA) is 68.2 Å². The maximum Gasteiger partial charge on any atom is 0.277 e. The van der Waals surface area contributed by atoms with Crippen molar-refractivity contribution in [2.45, 2.75) is 19.5 Å². The fourth-order valence-electron chi connectivity index (χ4n) is 3.30. The van der Waals surface area contributed by atoms with Gasteiger partial charge in [-0.1, -0.05) is 30.3 Å². The van der Waals surface area contributed by atoms with Crippen LogP contribution in [0.1, 0.15) is 16.7 Å². The quantitative estimate of drug-likeness (QED) is 0.688. The average molecular weight is 380 g/mol. The van der Waals surface area contributed by atoms with Crippen LogP contribution in [0.15, 0.2) is 53.5 Å². The summed E-state index contributed by atoms with van der Waals surface area (Å²) in [7, 11) is 1.64. The lowest BCUT2D eigenvalue weighted by atomic mass is 10.0. The number of benzene rings is 2. The Kier molecular flexibility index (Phi) is 4.97. The molecule has 2 heterocycles. The minimum atomic E-state index is -0.289. The summed E-state index contributed by atoms with van der Waals surface area (Å²) in [5.41, 5.74) is 2.71. The van der Waals surface area contributed by atoms with Gasteiger partial charge in [-0.25, -0.2) is 9.37 Å². The maximum atomic E-state index is 14.3. The summed E-state index contributed by atoms with van der Waals surface area (Å²) in [5.74, 6) is 0.814. The van der Waals surface area contributed by atoms with Gasteiger partial charge in [0.1, 0.15) is 17.3 Å². The molecule has 2 aromatic carbocycles. The first kappa shape index (κ1) is 18.0. The first-order chi connectivity index (χ1) is 13.6. The molecule has 7 heteroatoms. The molecule has 2 N–H and O–H groups in total. The molecule has 0 atom stereocenters. The van der Waals surface area contributed by atoms with Crippen molar-refractivity contribution in [2.24, 2.45) is 7.05 Å². The van der Waals surface area contributed by atoms with Crippen LogP contribution in [0.25, 0.3) is 0 Å². The van der Waals surface area contributed by atoms with Crippen molar-refractivity contribution in [1.82, 2.24) is 9.55 Å². The van der Waals surface area contributed by atoms with Gasteiger partial charge in [0.05, 0.1) is 12.8 Å². The summed E-state index contributed by atoms with van der Waals surface area (Å²) in [6.45, 7) is 1.33. The van der Waals surface area contributed by atoms with Gasteiger partial charge in [-0.05, 0) is 17.7 Å². The maximum absolute atomic E-state index is 14.3. The standard InChI is InChI=1S/C21H21FN4O2/c1-26-20(27)18(23-11-14-5-3-2-4-6-14)13-25-21(26)24-12-16-15-9-10-28-19(15)8-7-17(16)22/h2-8,13,23H,9-12H2,1H3,(H,24,25). The Bertz CT molecular complexity index is 1050. The van der Waals surface area contributed by atoms with Crippen LogP contribution in [0.2, 0.25) is 0 Å². The average Bonchev–Trinajstić information content (AvgIpc) is 3.19. The van der Waals surface area contributed by atoms with Gasteiger partial charge in [0.25, 0.3) is 5.56 Å². The molecule has 144 valence electrons. The third-order valence-electron chi connectivity index (χ3n) is 4.86. The number of fused-ring (bicyclic) bond motifs is 1. The summed E-state index contributed by atoms with van der Waals surface area (Å²) in [6.07, 6.45) is 2.18. The fourth-order valence-corrected chi connectivity index (χ4v) is 3.30. The summed E-state index contributed by atoms with van der Waals surface area (Å²) in [6, 6.07) is 12.9. The Labute approximate surface area is 162 Å². The van der Waals surface area contributed by atoms with Crippen molar-refractivity contribution >= 4 is 11.6 Å². The lowest BCUT2D eigenvalue weighted by Crippen LogP contribution is -2.25. The van der Waals surface area contributed by atoms with Gasteiger partial charge in [-0.2, -0.15) is 0 Å². The SMILES string of the molecule is Cn1c(NCc2c(F)ccc3c2CCO3)ncc(NCc2ccccc2)c1=O. The zero-order chi connectivity index (χ0) is 19.5. The molecule has 0 fully saturated rings. The molecular weight excluding hydrogens is 359 g/mol. The van der Waals surface area contributed by atoms with Crippen LogP contribution in [-0.2, 0) is 26.6 Å². The van der Waals surface area contributed by atoms with Crippen LogP contribution >= 0.6 is 0 Å². The van der Waals surface area contributed by atoms with Gasteiger partial charge in [0, 0.05) is 37.7 Å². The predicted octanol–water partition coefficient (Wildman–Crippen LogP) is 3.08. The van der Waals surface area contributed by atoms with Crippen molar-refractivity contribution in [1.29, 1.82) is 0 Å². The summed E-state index contributed by atoms with van der Waals surface area (Å²) >= 11 is 0. The molecule has 0 saturated heterocycles. The number of hydrogen-bond acceptors (Lipinski definition) is 5. The smallest absolute Gasteiger partial charge is 0.277 e. The highest BCUT2D eigenvalue weighted by atomic mass is 19.1. The van der Waals surface area contributed by atoms with Crippen LogP contribution in [0.3, 0.4) is 0 Å². The van der Waals surface area contributed by atoms with E-state index in [4.69, 9.17) is 4.74 Å². The van der Waals surface area contributed by atoms with E-state index in [0.717, 1.165) is 16.9 Å². The Balaban J connectivity index is 1.49. The second-order valence-corrected chi connectivity index (χ2v) is 6.65. The van der Waals surface area contributed by atoms with Gasteiger partial charge < -0.3 is 15.4 Å². The second kappa shape index (κ2) is 7.72. The van der Waals surface area contributed by atoms with Gasteiger partial charge in [0.15, 0.2) is 0 Å². The third kappa shape index (κ3) is 3.55. The molecule has 0 unspecified atom stereocenters. The van der Waals surface area contributed by atoms with E-state index < -0.39 is 0 Å². The predicted molar refractivity (Wildman–Crippen MR) is 106 cm³/mol. The normalized spacial score (nSPS) is 12.4. The largest absolute Gasteiger partial charge is 0.493 e. The number of halogens is 1. The molecule has 6 nitrogen and oxygen atoms in total. The number of ether oxygens (including phenoxy) is 1. The van der Waals surface area contributed by atoms with Gasteiger partial charge >= 0.3 is 0 Å². The number of rotatable bonds is 6. The van der Waals surface area contributed by atoms with Crippen LogP contribution < -0.4 is 20.9 Å². The third-order valence-corrected chi connectivity index (χ3v) is 4.86. The van der Waals surface area contributed by atoms with Crippen molar-refractivity contribution in [2.75, 3.05) is 17.2 Å². The summed E-state index contributed by atoms with van der Waals surface area (Å²) in [5, 5.41) is 6.18. The molecule has 0 bridgehead atoms. The molecule has 1 aliphatic rings. The molecule has 0 radical (unpaired) electrons. The molecule has 1 aliphatic heterocycles. The Hall–Kier alpha value is -3.35. The Morgan fingerprint density at radius 3 is 2.79 bits per heavy atom. The molecule has 1 aromatic heterocycles. The number of anilines is 2. The lowest BCUT2D eigenvalue weighted by molar-refractivity contribution is 0.356. The Morgan fingerprint density at radius 2 is 1.96 bits per heavy atom. The fraction of sp³-hybridized carbons (Fsp3) is 0.238. The van der Waals surface area contributed by atoms with E-state index >= 15 is 0 Å². The number of hydrogen-bond donors (Lipinski definition) is 2. The van der Waals surface area contributed by atoms with Crippen LogP contribution in [0.5, 0.6) is 5.75 Å². The van der Waals surface area contributed by atoms with E-state index in [1.165, 1.54) is 16.8 Å². The summed E-state index contributed by atoms with van der Waals surface area (Å²) in [4.78, 5) is 16.9. The van der Waals surface area contributed by atoms with Crippen LogP contribution in [-0.4, -0.2) is 16.2 Å². The number of nitrogens with zero attached hydrogens (tertiary/aromatic N) is 2. The highest BCUT2D eigenvalue weighted by molar-refractivity contribution is 5.46. The first-order valence-corrected chi connectivity index (χ1v) is 9.14. The monoisotopic (exact) mass is 380 g/mol. The molecular formula is C21H21FN4O2. The van der Waals surface area contributed by atoms with Crippen molar-refractivity contribution in [3.05, 3.63) is 81.5 Å². The van der Waals surface area contributed by atoms with Gasteiger partial charge in [-0.15, -0.1) is 0 Å². The van der Waals surface area contributed by atoms with Gasteiger partial charge in [0.2, 0.25) is 5.95 Å². The highest BCUT2D eigenvalue weighted by Crippen LogP contribution is 2.30.